The number of rotatable bonds is 3. The van der Waals surface area contributed by atoms with Gasteiger partial charge in [0.15, 0.2) is 0 Å². The van der Waals surface area contributed by atoms with Crippen LogP contribution < -0.4 is 4.74 Å². The summed E-state index contributed by atoms with van der Waals surface area (Å²) < 4.78 is 47.3. The van der Waals surface area contributed by atoms with Gasteiger partial charge in [-0.25, -0.2) is 4.79 Å². The molecule has 1 aliphatic heterocycles. The highest BCUT2D eigenvalue weighted by Gasteiger charge is 2.28. The normalized spacial score (nSPS) is 14.1. The third-order valence-electron chi connectivity index (χ3n) is 2.73. The Morgan fingerprint density at radius 3 is 2.80 bits per heavy atom. The lowest BCUT2D eigenvalue weighted by Crippen LogP contribution is -2.17. The van der Waals surface area contributed by atoms with Gasteiger partial charge in [0.25, 0.3) is 0 Å². The Morgan fingerprint density at radius 2 is 2.15 bits per heavy atom. The highest BCUT2D eigenvalue weighted by Crippen LogP contribution is 2.30. The summed E-state index contributed by atoms with van der Waals surface area (Å²) in [7, 11) is 0. The molecule has 0 aromatic heterocycles. The van der Waals surface area contributed by atoms with Crippen LogP contribution in [-0.2, 0) is 16.0 Å². The van der Waals surface area contributed by atoms with E-state index in [1.165, 1.54) is 24.3 Å². The number of benzene rings is 1. The molecule has 0 radical (unpaired) electrons. The lowest BCUT2D eigenvalue weighted by Gasteiger charge is -2.18. The van der Waals surface area contributed by atoms with E-state index in [9.17, 15) is 18.0 Å². The van der Waals surface area contributed by atoms with E-state index in [1.807, 2.05) is 0 Å². The number of ether oxygens (including phenoxy) is 2. The molecule has 3 nitrogen and oxygen atoms in total. The largest absolute Gasteiger partial charge is 0.488 e. The molecule has 0 N–H and O–H groups in total. The van der Waals surface area contributed by atoms with Crippen molar-refractivity contribution < 1.29 is 27.4 Å². The van der Waals surface area contributed by atoms with Crippen molar-refractivity contribution in [1.82, 2.24) is 0 Å². The Balaban J connectivity index is 2.25. The number of hydrogen-bond acceptors (Lipinski definition) is 3. The Labute approximate surface area is 114 Å². The number of alkyl halides is 3. The molecule has 0 bridgehead atoms. The highest BCUT2D eigenvalue weighted by atomic mass is 19.4. The fourth-order valence-electron chi connectivity index (χ4n) is 1.91. The second-order valence-corrected chi connectivity index (χ2v) is 4.34. The highest BCUT2D eigenvalue weighted by molar-refractivity contribution is 5.95. The van der Waals surface area contributed by atoms with Crippen LogP contribution in [0.1, 0.15) is 18.1 Å². The van der Waals surface area contributed by atoms with Crippen LogP contribution >= 0.6 is 0 Å². The average Bonchev–Trinajstić information content (AvgIpc) is 2.36. The Bertz CT molecular complexity index is 547. The number of fused-ring (bicyclic) bond motifs is 1. The van der Waals surface area contributed by atoms with Gasteiger partial charge in [-0.1, -0.05) is 6.07 Å². The molecule has 2 rings (SSSR count). The number of hydrogen-bond donors (Lipinski definition) is 0. The Kier molecular flexibility index (Phi) is 4.01. The minimum Gasteiger partial charge on any atom is -0.488 e. The second-order valence-electron chi connectivity index (χ2n) is 4.34. The van der Waals surface area contributed by atoms with Crippen LogP contribution in [0.5, 0.6) is 5.75 Å². The van der Waals surface area contributed by atoms with Crippen LogP contribution in [0.25, 0.3) is 6.08 Å². The standard InChI is InChI=1S/C14H13F3O3/c1-2-19-13(18)11-6-10-5-9(7-14(15,16)17)3-4-12(10)20-8-11/h3-6H,2,7-8H2,1H3. The van der Waals surface area contributed by atoms with Gasteiger partial charge >= 0.3 is 12.1 Å². The van der Waals surface area contributed by atoms with Crippen LogP contribution in [-0.4, -0.2) is 25.4 Å². The molecule has 0 spiro atoms. The first-order valence-electron chi connectivity index (χ1n) is 6.09. The maximum Gasteiger partial charge on any atom is 0.393 e. The van der Waals surface area contributed by atoms with Crippen molar-refractivity contribution in [3.8, 4) is 5.75 Å². The van der Waals surface area contributed by atoms with Gasteiger partial charge in [-0.3, -0.25) is 0 Å². The summed E-state index contributed by atoms with van der Waals surface area (Å²) in [5, 5.41) is 0. The van der Waals surface area contributed by atoms with Gasteiger partial charge in [0, 0.05) is 5.56 Å². The molecule has 20 heavy (non-hydrogen) atoms. The van der Waals surface area contributed by atoms with E-state index in [-0.39, 0.29) is 18.8 Å². The van der Waals surface area contributed by atoms with Crippen molar-refractivity contribution in [2.75, 3.05) is 13.2 Å². The lowest BCUT2D eigenvalue weighted by atomic mass is 10.0. The molecule has 6 heteroatoms. The summed E-state index contributed by atoms with van der Waals surface area (Å²) in [5.74, 6) is -0.0525. The summed E-state index contributed by atoms with van der Waals surface area (Å²) in [6.07, 6.45) is -3.77. The first kappa shape index (κ1) is 14.4. The van der Waals surface area contributed by atoms with Crippen molar-refractivity contribution in [3.05, 3.63) is 34.9 Å². The Hall–Kier alpha value is -1.98. The number of halogens is 3. The van der Waals surface area contributed by atoms with Crippen molar-refractivity contribution in [3.63, 3.8) is 0 Å². The molecular formula is C14H13F3O3. The summed E-state index contributed by atoms with van der Waals surface area (Å²) in [6.45, 7) is 1.97. The van der Waals surface area contributed by atoms with Crippen molar-refractivity contribution >= 4 is 12.0 Å². The smallest absolute Gasteiger partial charge is 0.393 e. The molecule has 108 valence electrons. The van der Waals surface area contributed by atoms with Gasteiger partial charge in [-0.2, -0.15) is 13.2 Å². The molecule has 1 aromatic rings. The number of carbonyl (C=O) groups excluding carboxylic acids is 1. The molecule has 0 atom stereocenters. The zero-order chi connectivity index (χ0) is 14.8. The maximum absolute atomic E-state index is 12.4. The number of esters is 1. The van der Waals surface area contributed by atoms with Gasteiger partial charge in [0.05, 0.1) is 18.6 Å². The van der Waals surface area contributed by atoms with Gasteiger partial charge in [-0.05, 0) is 30.7 Å². The molecule has 1 aromatic carbocycles. The van der Waals surface area contributed by atoms with Gasteiger partial charge in [0.2, 0.25) is 0 Å². The van der Waals surface area contributed by atoms with Crippen LogP contribution in [0.15, 0.2) is 23.8 Å². The topological polar surface area (TPSA) is 35.5 Å². The molecule has 0 amide bonds. The quantitative estimate of drug-likeness (QED) is 0.801. The van der Waals surface area contributed by atoms with E-state index >= 15 is 0 Å². The van der Waals surface area contributed by atoms with Crippen molar-refractivity contribution in [2.45, 2.75) is 19.5 Å². The average molecular weight is 286 g/mol. The molecule has 0 fully saturated rings. The number of carbonyl (C=O) groups is 1. The van der Waals surface area contributed by atoms with E-state index in [0.29, 0.717) is 16.9 Å². The predicted molar refractivity (Wildman–Crippen MR) is 66.3 cm³/mol. The van der Waals surface area contributed by atoms with Crippen molar-refractivity contribution in [1.29, 1.82) is 0 Å². The molecular weight excluding hydrogens is 273 g/mol. The summed E-state index contributed by atoms with van der Waals surface area (Å²) >= 11 is 0. The second kappa shape index (κ2) is 5.56. The molecule has 1 aliphatic rings. The van der Waals surface area contributed by atoms with E-state index in [0.717, 1.165) is 0 Å². The first-order valence-corrected chi connectivity index (χ1v) is 6.09. The van der Waals surface area contributed by atoms with Crippen LogP contribution in [0.4, 0.5) is 13.2 Å². The summed E-state index contributed by atoms with van der Waals surface area (Å²) in [6, 6.07) is 4.23. The molecule has 0 unspecified atom stereocenters. The van der Waals surface area contributed by atoms with Gasteiger partial charge < -0.3 is 9.47 Å². The third-order valence-corrected chi connectivity index (χ3v) is 2.73. The van der Waals surface area contributed by atoms with Crippen molar-refractivity contribution in [2.24, 2.45) is 0 Å². The lowest BCUT2D eigenvalue weighted by molar-refractivity contribution is -0.138. The zero-order valence-electron chi connectivity index (χ0n) is 10.8. The fourth-order valence-corrected chi connectivity index (χ4v) is 1.91. The van der Waals surface area contributed by atoms with Crippen LogP contribution in [0.3, 0.4) is 0 Å². The minimum atomic E-state index is -4.27. The summed E-state index contributed by atoms with van der Waals surface area (Å²) in [5.41, 5.74) is 0.880. The molecule has 0 saturated heterocycles. The molecule has 1 heterocycles. The summed E-state index contributed by atoms with van der Waals surface area (Å²) in [4.78, 5) is 11.6. The van der Waals surface area contributed by atoms with Crippen LogP contribution in [0.2, 0.25) is 0 Å². The van der Waals surface area contributed by atoms with Gasteiger partial charge in [0.1, 0.15) is 12.4 Å². The first-order chi connectivity index (χ1) is 9.39. The Morgan fingerprint density at radius 1 is 1.40 bits per heavy atom. The zero-order valence-corrected chi connectivity index (χ0v) is 10.8. The van der Waals surface area contributed by atoms with Crippen LogP contribution in [0, 0.1) is 0 Å². The van der Waals surface area contributed by atoms with E-state index in [1.54, 1.807) is 6.92 Å². The SMILES string of the molecule is CCOC(=O)C1=Cc2cc(CC(F)(F)F)ccc2OC1. The van der Waals surface area contributed by atoms with Gasteiger partial charge in [-0.15, -0.1) is 0 Å². The minimum absolute atomic E-state index is 0.0600. The maximum atomic E-state index is 12.4. The van der Waals surface area contributed by atoms with E-state index in [2.05, 4.69) is 0 Å². The predicted octanol–water partition coefficient (Wildman–Crippen LogP) is 3.13. The molecule has 0 aliphatic carbocycles. The van der Waals surface area contributed by atoms with E-state index < -0.39 is 18.6 Å². The fraction of sp³-hybridized carbons (Fsp3) is 0.357. The molecule has 0 saturated carbocycles. The third kappa shape index (κ3) is 3.53. The van der Waals surface area contributed by atoms with E-state index in [4.69, 9.17) is 9.47 Å². The monoisotopic (exact) mass is 286 g/mol.